The number of fused-ring (bicyclic) bond motifs is 2. The summed E-state index contributed by atoms with van der Waals surface area (Å²) in [5, 5.41) is 24.0. The number of rotatable bonds is 6. The van der Waals surface area contributed by atoms with Crippen LogP contribution < -0.4 is 0 Å². The van der Waals surface area contributed by atoms with Crippen LogP contribution in [0.4, 0.5) is 0 Å². The number of hydrogen-bond donors (Lipinski definition) is 0. The van der Waals surface area contributed by atoms with Crippen molar-refractivity contribution in [3.63, 3.8) is 0 Å². The van der Waals surface area contributed by atoms with E-state index in [-0.39, 0.29) is 21.2 Å². The van der Waals surface area contributed by atoms with Crippen LogP contribution in [-0.4, -0.2) is 9.85 Å². The monoisotopic (exact) mass is 540 g/mol. The van der Waals surface area contributed by atoms with Crippen molar-refractivity contribution in [2.24, 2.45) is 0 Å². The maximum absolute atomic E-state index is 12.1. The van der Waals surface area contributed by atoms with Gasteiger partial charge in [-0.25, -0.2) is 0 Å². The van der Waals surface area contributed by atoms with E-state index in [0.29, 0.717) is 19.6 Å². The van der Waals surface area contributed by atoms with Crippen molar-refractivity contribution in [2.75, 3.05) is 0 Å². The molecule has 0 fully saturated rings. The van der Waals surface area contributed by atoms with Crippen molar-refractivity contribution >= 4 is 47.0 Å². The fourth-order valence-electron chi connectivity index (χ4n) is 3.54. The van der Waals surface area contributed by atoms with Gasteiger partial charge in [0, 0.05) is 25.2 Å². The third-order valence-corrected chi connectivity index (χ3v) is 10.2. The third kappa shape index (κ3) is 5.30. The summed E-state index contributed by atoms with van der Waals surface area (Å²) < 4.78 is 1.23. The maximum Gasteiger partial charge on any atom is 0.297 e. The lowest BCUT2D eigenvalue weighted by atomic mass is 10.1. The summed E-state index contributed by atoms with van der Waals surface area (Å²) >= 11 is 5.49. The van der Waals surface area contributed by atoms with Gasteiger partial charge in [0.25, 0.3) is 11.4 Å². The van der Waals surface area contributed by atoms with Crippen LogP contribution in [0.3, 0.4) is 0 Å². The molecule has 1 aliphatic carbocycles. The van der Waals surface area contributed by atoms with E-state index in [1.807, 2.05) is 37.3 Å². The zero-order valence-corrected chi connectivity index (χ0v) is 22.1. The molecule has 0 N–H and O–H groups in total. The molecule has 0 spiro atoms. The molecule has 2 heterocycles. The van der Waals surface area contributed by atoms with E-state index in [1.165, 1.54) is 47.0 Å². The van der Waals surface area contributed by atoms with Crippen LogP contribution in [0, 0.1) is 20.2 Å². The summed E-state index contributed by atoms with van der Waals surface area (Å²) in [7, 11) is 0. The molecule has 4 rings (SSSR count). The molecule has 0 amide bonds. The molecule has 0 aromatic heterocycles. The smallest absolute Gasteiger partial charge is 0.258 e. The number of benzene rings is 1. The molecule has 1 aromatic rings. The van der Waals surface area contributed by atoms with Crippen molar-refractivity contribution in [3.8, 4) is 0 Å². The van der Waals surface area contributed by atoms with Gasteiger partial charge in [-0.15, -0.1) is 0 Å². The first kappa shape index (κ1) is 25.4. The number of nitro groups is 2. The number of allylic oxidation sites excluding steroid dienone is 9. The molecule has 0 saturated heterocycles. The molecule has 1 aromatic carbocycles. The first-order valence-corrected chi connectivity index (χ1v) is 13.8. The molecule has 178 valence electrons. The lowest BCUT2D eigenvalue weighted by Crippen LogP contribution is -2.04. The molecule has 10 heteroatoms. The van der Waals surface area contributed by atoms with Crippen LogP contribution >= 0.6 is 47.0 Å². The Morgan fingerprint density at radius 3 is 2.11 bits per heavy atom. The van der Waals surface area contributed by atoms with Gasteiger partial charge >= 0.3 is 0 Å². The Balaban J connectivity index is 1.70. The highest BCUT2D eigenvalue weighted by atomic mass is 32.2. The highest BCUT2D eigenvalue weighted by Gasteiger charge is 2.35. The Morgan fingerprint density at radius 1 is 1.00 bits per heavy atom. The molecule has 35 heavy (non-hydrogen) atoms. The quantitative estimate of drug-likeness (QED) is 0.202. The van der Waals surface area contributed by atoms with Gasteiger partial charge in [0.1, 0.15) is 8.47 Å². The number of thioether (sulfide) groups is 4. The van der Waals surface area contributed by atoms with Crippen LogP contribution in [0.5, 0.6) is 0 Å². The van der Waals surface area contributed by atoms with Crippen LogP contribution in [-0.2, 0) is 0 Å². The second-order valence-electron chi connectivity index (χ2n) is 7.41. The van der Waals surface area contributed by atoms with Crippen LogP contribution in [0.25, 0.3) is 0 Å². The van der Waals surface area contributed by atoms with Gasteiger partial charge in [0.2, 0.25) is 0 Å². The second kappa shape index (κ2) is 10.9. The fourth-order valence-corrected chi connectivity index (χ4v) is 8.88. The molecule has 6 nitrogen and oxygen atoms in total. The molecule has 3 aliphatic rings. The minimum Gasteiger partial charge on any atom is -0.258 e. The number of nitrogens with zero attached hydrogens (tertiary/aromatic N) is 2. The Labute approximate surface area is 220 Å². The maximum atomic E-state index is 12.1. The van der Waals surface area contributed by atoms with Gasteiger partial charge in [0.15, 0.2) is 0 Å². The molecule has 0 radical (unpaired) electrons. The lowest BCUT2D eigenvalue weighted by molar-refractivity contribution is -0.420. The van der Waals surface area contributed by atoms with E-state index in [0.717, 1.165) is 31.6 Å². The van der Waals surface area contributed by atoms with E-state index in [9.17, 15) is 20.2 Å². The van der Waals surface area contributed by atoms with E-state index < -0.39 is 0 Å². The van der Waals surface area contributed by atoms with Gasteiger partial charge in [-0.2, -0.15) is 0 Å². The summed E-state index contributed by atoms with van der Waals surface area (Å²) in [5.74, 6) is 0. The van der Waals surface area contributed by atoms with Gasteiger partial charge in [-0.1, -0.05) is 90.1 Å². The molecular formula is C25H20N2O4S4. The summed E-state index contributed by atoms with van der Waals surface area (Å²) in [6, 6.07) is 3.96. The minimum atomic E-state index is -0.351. The highest BCUT2D eigenvalue weighted by molar-refractivity contribution is 8.25. The second-order valence-corrected chi connectivity index (χ2v) is 12.1. The van der Waals surface area contributed by atoms with Gasteiger partial charge < -0.3 is 0 Å². The highest BCUT2D eigenvalue weighted by Crippen LogP contribution is 2.60. The Kier molecular flexibility index (Phi) is 7.95. The normalized spacial score (nSPS) is 17.0. The van der Waals surface area contributed by atoms with E-state index in [4.69, 9.17) is 0 Å². The predicted octanol–water partition coefficient (Wildman–Crippen LogP) is 8.49. The Morgan fingerprint density at radius 2 is 1.60 bits per heavy atom. The first-order chi connectivity index (χ1) is 16.8. The van der Waals surface area contributed by atoms with Crippen molar-refractivity contribution in [1.29, 1.82) is 0 Å². The predicted molar refractivity (Wildman–Crippen MR) is 147 cm³/mol. The zero-order valence-electron chi connectivity index (χ0n) is 18.8. The topological polar surface area (TPSA) is 86.3 Å². The molecule has 0 unspecified atom stereocenters. The van der Waals surface area contributed by atoms with Gasteiger partial charge in [0.05, 0.1) is 15.4 Å². The SMILES string of the molecule is C=C/C=C\C(=C/C)C(=C1Sc2cc3c(cc2S1)SC(=C(C1=CC=CCC=C1C)[N+](=O)[O-])S3)[N+](=O)[O-]. The summed E-state index contributed by atoms with van der Waals surface area (Å²) in [4.78, 5) is 27.0. The molecule has 2 aliphatic heterocycles. The van der Waals surface area contributed by atoms with E-state index >= 15 is 0 Å². The minimum absolute atomic E-state index is 0.0594. The largest absolute Gasteiger partial charge is 0.297 e. The Bertz CT molecular complexity index is 1320. The van der Waals surface area contributed by atoms with E-state index in [1.54, 1.807) is 37.3 Å². The standard InChI is InChI=1S/C25H20N2O4S4/c1-4-6-11-16(5-2)22(26(28)29)24-32-18-13-20-21(14-19(18)33-24)35-25(34-20)23(27(30)31)17-12-9-7-8-10-15(17)3/h4-7,9-14H,1,8H2,2-3H3/b11-6-,16-5+,24-22?,25-23?. The summed E-state index contributed by atoms with van der Waals surface area (Å²) in [6.45, 7) is 7.30. The average Bonchev–Trinajstić information content (AvgIpc) is 3.33. The van der Waals surface area contributed by atoms with Gasteiger partial charge in [-0.05, 0) is 50.1 Å². The third-order valence-electron chi connectivity index (χ3n) is 5.21. The summed E-state index contributed by atoms with van der Waals surface area (Å²) in [6.07, 6.45) is 15.0. The van der Waals surface area contributed by atoms with E-state index in [2.05, 4.69) is 6.58 Å². The lowest BCUT2D eigenvalue weighted by Gasteiger charge is -2.06. The molecule has 0 saturated carbocycles. The van der Waals surface area contributed by atoms with Crippen molar-refractivity contribution in [2.45, 2.75) is 39.9 Å². The first-order valence-electron chi connectivity index (χ1n) is 10.5. The Hall–Kier alpha value is -2.66. The summed E-state index contributed by atoms with van der Waals surface area (Å²) in [5.41, 5.74) is 2.19. The molecular weight excluding hydrogens is 521 g/mol. The van der Waals surface area contributed by atoms with Crippen LogP contribution in [0.15, 0.2) is 123 Å². The van der Waals surface area contributed by atoms with Gasteiger partial charge in [-0.3, -0.25) is 20.2 Å². The molecule has 0 atom stereocenters. The number of hydrogen-bond acceptors (Lipinski definition) is 8. The van der Waals surface area contributed by atoms with Crippen molar-refractivity contribution in [3.05, 3.63) is 124 Å². The van der Waals surface area contributed by atoms with Crippen LogP contribution in [0.2, 0.25) is 0 Å². The van der Waals surface area contributed by atoms with Crippen molar-refractivity contribution in [1.82, 2.24) is 0 Å². The fraction of sp³-hybridized carbons (Fsp3) is 0.120. The van der Waals surface area contributed by atoms with Crippen LogP contribution in [0.1, 0.15) is 20.3 Å². The molecule has 0 bridgehead atoms. The van der Waals surface area contributed by atoms with Crippen molar-refractivity contribution < 1.29 is 9.85 Å². The average molecular weight is 541 g/mol. The zero-order chi connectivity index (χ0) is 25.1.